The fraction of sp³-hybridized carbons (Fsp3) is 0.375. The zero-order valence-electron chi connectivity index (χ0n) is 12.1. The minimum atomic E-state index is 0.0938. The van der Waals surface area contributed by atoms with Crippen molar-refractivity contribution in [1.82, 2.24) is 14.9 Å². The lowest BCUT2D eigenvalue weighted by molar-refractivity contribution is -0.122. The molecule has 1 amide bonds. The molecule has 0 aliphatic carbocycles. The van der Waals surface area contributed by atoms with Gasteiger partial charge < -0.3 is 15.2 Å². The quantitative estimate of drug-likeness (QED) is 0.882. The molecule has 1 aromatic heterocycles. The van der Waals surface area contributed by atoms with Gasteiger partial charge in [0.05, 0.1) is 6.33 Å². The van der Waals surface area contributed by atoms with Gasteiger partial charge in [0.15, 0.2) is 0 Å². The number of hydrogen-bond acceptors (Lipinski definition) is 3. The van der Waals surface area contributed by atoms with Crippen molar-refractivity contribution < 1.29 is 4.79 Å². The predicted octanol–water partition coefficient (Wildman–Crippen LogP) is 1.99. The summed E-state index contributed by atoms with van der Waals surface area (Å²) in [6.45, 7) is 3.59. The van der Waals surface area contributed by atoms with E-state index < -0.39 is 0 Å². The van der Waals surface area contributed by atoms with Crippen molar-refractivity contribution in [2.24, 2.45) is 0 Å². The molecule has 0 spiro atoms. The van der Waals surface area contributed by atoms with Gasteiger partial charge in [-0.15, -0.1) is 0 Å². The van der Waals surface area contributed by atoms with Crippen LogP contribution in [0, 0.1) is 0 Å². The summed E-state index contributed by atoms with van der Waals surface area (Å²) in [5, 5.41) is 6.41. The number of rotatable bonds is 5. The summed E-state index contributed by atoms with van der Waals surface area (Å²) in [7, 11) is 0. The van der Waals surface area contributed by atoms with Crippen LogP contribution in [0.4, 0.5) is 5.69 Å². The molecule has 3 rings (SSSR count). The fourth-order valence-electron chi connectivity index (χ4n) is 2.85. The summed E-state index contributed by atoms with van der Waals surface area (Å²) in [5.41, 5.74) is 2.40. The highest BCUT2D eigenvalue weighted by Crippen LogP contribution is 2.32. The predicted molar refractivity (Wildman–Crippen MR) is 82.1 cm³/mol. The number of amides is 1. The number of para-hydroxylation sites is 1. The molecule has 21 heavy (non-hydrogen) atoms. The molecule has 2 aromatic rings. The Morgan fingerprint density at radius 2 is 2.38 bits per heavy atom. The number of nitrogens with zero attached hydrogens (tertiary/aromatic N) is 2. The van der Waals surface area contributed by atoms with Crippen molar-refractivity contribution >= 4 is 11.6 Å². The molecular weight excluding hydrogens is 264 g/mol. The van der Waals surface area contributed by atoms with Gasteiger partial charge >= 0.3 is 0 Å². The number of carbonyl (C=O) groups excluding carboxylic acids is 1. The Bertz CT molecular complexity index is 608. The molecule has 0 radical (unpaired) electrons. The van der Waals surface area contributed by atoms with Gasteiger partial charge in [-0.05, 0) is 18.6 Å². The Balaban J connectivity index is 1.53. The number of nitrogens with one attached hydrogen (secondary N) is 2. The Hall–Kier alpha value is -2.30. The van der Waals surface area contributed by atoms with Gasteiger partial charge in [0, 0.05) is 49.6 Å². The lowest BCUT2D eigenvalue weighted by Crippen LogP contribution is -2.36. The largest absolute Gasteiger partial charge is 0.384 e. The van der Waals surface area contributed by atoms with Gasteiger partial charge in [-0.2, -0.15) is 0 Å². The first-order chi connectivity index (χ1) is 10.2. The van der Waals surface area contributed by atoms with Crippen LogP contribution in [0.15, 0.2) is 43.0 Å². The number of hydrogen-bond donors (Lipinski definition) is 2. The van der Waals surface area contributed by atoms with E-state index >= 15 is 0 Å². The molecule has 0 fully saturated rings. The van der Waals surface area contributed by atoms with Crippen molar-refractivity contribution in [1.29, 1.82) is 0 Å². The zero-order valence-corrected chi connectivity index (χ0v) is 12.1. The van der Waals surface area contributed by atoms with Gasteiger partial charge in [0.2, 0.25) is 5.91 Å². The lowest BCUT2D eigenvalue weighted by Gasteiger charge is -2.16. The average Bonchev–Trinajstić information content (AvgIpc) is 3.09. The fourth-order valence-corrected chi connectivity index (χ4v) is 2.85. The molecule has 0 saturated heterocycles. The van der Waals surface area contributed by atoms with Gasteiger partial charge in [-0.25, -0.2) is 4.98 Å². The first-order valence-electron chi connectivity index (χ1n) is 7.30. The molecule has 2 unspecified atom stereocenters. The van der Waals surface area contributed by atoms with Crippen LogP contribution in [-0.4, -0.2) is 28.0 Å². The van der Waals surface area contributed by atoms with E-state index in [1.165, 1.54) is 5.56 Å². The van der Waals surface area contributed by atoms with Crippen LogP contribution < -0.4 is 10.6 Å². The smallest absolute Gasteiger partial charge is 0.220 e. The van der Waals surface area contributed by atoms with E-state index in [1.54, 1.807) is 12.5 Å². The van der Waals surface area contributed by atoms with E-state index in [9.17, 15) is 4.79 Å². The summed E-state index contributed by atoms with van der Waals surface area (Å²) in [5.74, 6) is 0.368. The SMILES string of the molecule is CC(Cn1ccnc1)NC(=O)CC1CNc2ccccc21. The molecule has 110 valence electrons. The molecule has 1 aromatic carbocycles. The molecule has 2 heterocycles. The molecule has 2 N–H and O–H groups in total. The summed E-state index contributed by atoms with van der Waals surface area (Å²) < 4.78 is 1.97. The summed E-state index contributed by atoms with van der Waals surface area (Å²) in [6.07, 6.45) is 5.94. The minimum Gasteiger partial charge on any atom is -0.384 e. The number of anilines is 1. The van der Waals surface area contributed by atoms with Gasteiger partial charge in [-0.1, -0.05) is 18.2 Å². The first-order valence-corrected chi connectivity index (χ1v) is 7.30. The Morgan fingerprint density at radius 3 is 3.19 bits per heavy atom. The molecular formula is C16H20N4O. The van der Waals surface area contributed by atoms with Crippen LogP contribution in [0.5, 0.6) is 0 Å². The standard InChI is InChI=1S/C16H20N4O/c1-12(10-20-7-6-17-11-20)19-16(21)8-13-9-18-15-5-3-2-4-14(13)15/h2-7,11-13,18H,8-10H2,1H3,(H,19,21). The Kier molecular flexibility index (Phi) is 3.90. The summed E-state index contributed by atoms with van der Waals surface area (Å²) in [6, 6.07) is 8.30. The van der Waals surface area contributed by atoms with Crippen LogP contribution in [0.25, 0.3) is 0 Å². The van der Waals surface area contributed by atoms with Crippen LogP contribution in [0.2, 0.25) is 0 Å². The highest BCUT2D eigenvalue weighted by molar-refractivity contribution is 5.78. The zero-order chi connectivity index (χ0) is 14.7. The van der Waals surface area contributed by atoms with Crippen LogP contribution >= 0.6 is 0 Å². The molecule has 5 nitrogen and oxygen atoms in total. The number of imidazole rings is 1. The van der Waals surface area contributed by atoms with Crippen molar-refractivity contribution in [2.45, 2.75) is 31.8 Å². The van der Waals surface area contributed by atoms with E-state index in [1.807, 2.05) is 29.8 Å². The normalized spacial score (nSPS) is 17.9. The maximum atomic E-state index is 12.2. The van der Waals surface area contributed by atoms with E-state index in [-0.39, 0.29) is 17.9 Å². The van der Waals surface area contributed by atoms with E-state index in [0.29, 0.717) is 6.42 Å². The molecule has 2 atom stereocenters. The first kappa shape index (κ1) is 13.7. The third-order valence-corrected chi connectivity index (χ3v) is 3.82. The van der Waals surface area contributed by atoms with Gasteiger partial charge in [0.1, 0.15) is 0 Å². The van der Waals surface area contributed by atoms with Crippen molar-refractivity contribution in [3.8, 4) is 0 Å². The van der Waals surface area contributed by atoms with Crippen LogP contribution in [0.1, 0.15) is 24.8 Å². The van der Waals surface area contributed by atoms with Gasteiger partial charge in [-0.3, -0.25) is 4.79 Å². The second-order valence-corrected chi connectivity index (χ2v) is 5.60. The van der Waals surface area contributed by atoms with E-state index in [2.05, 4.69) is 27.8 Å². The maximum absolute atomic E-state index is 12.2. The van der Waals surface area contributed by atoms with E-state index in [4.69, 9.17) is 0 Å². The number of benzene rings is 1. The Morgan fingerprint density at radius 1 is 1.52 bits per heavy atom. The second-order valence-electron chi connectivity index (χ2n) is 5.60. The third kappa shape index (κ3) is 3.24. The molecule has 1 aliphatic heterocycles. The third-order valence-electron chi connectivity index (χ3n) is 3.82. The van der Waals surface area contributed by atoms with Crippen LogP contribution in [0.3, 0.4) is 0 Å². The molecule has 5 heteroatoms. The topological polar surface area (TPSA) is 59.0 Å². The molecule has 0 saturated carbocycles. The van der Waals surface area contributed by atoms with E-state index in [0.717, 1.165) is 18.8 Å². The highest BCUT2D eigenvalue weighted by atomic mass is 16.1. The number of fused-ring (bicyclic) bond motifs is 1. The lowest BCUT2D eigenvalue weighted by atomic mass is 9.97. The number of aromatic nitrogens is 2. The van der Waals surface area contributed by atoms with Crippen LogP contribution in [-0.2, 0) is 11.3 Å². The Labute approximate surface area is 124 Å². The second kappa shape index (κ2) is 5.99. The highest BCUT2D eigenvalue weighted by Gasteiger charge is 2.24. The van der Waals surface area contributed by atoms with Crippen molar-refractivity contribution in [2.75, 3.05) is 11.9 Å². The maximum Gasteiger partial charge on any atom is 0.220 e. The monoisotopic (exact) mass is 284 g/mol. The summed E-state index contributed by atoms with van der Waals surface area (Å²) in [4.78, 5) is 16.2. The molecule has 1 aliphatic rings. The summed E-state index contributed by atoms with van der Waals surface area (Å²) >= 11 is 0. The average molecular weight is 284 g/mol. The van der Waals surface area contributed by atoms with Crippen molar-refractivity contribution in [3.63, 3.8) is 0 Å². The number of carbonyl (C=O) groups is 1. The minimum absolute atomic E-state index is 0.0938. The van der Waals surface area contributed by atoms with Crippen molar-refractivity contribution in [3.05, 3.63) is 48.5 Å². The molecule has 0 bridgehead atoms. The van der Waals surface area contributed by atoms with Gasteiger partial charge in [0.25, 0.3) is 0 Å².